The van der Waals surface area contributed by atoms with Gasteiger partial charge in [0, 0.05) is 20.0 Å². The fourth-order valence-corrected chi connectivity index (χ4v) is 4.33. The molecule has 0 bridgehead atoms. The molecule has 0 fully saturated rings. The van der Waals surface area contributed by atoms with Crippen LogP contribution in [0.3, 0.4) is 0 Å². The molecule has 0 aromatic heterocycles. The number of hydrogen-bond donors (Lipinski definition) is 4. The lowest BCUT2D eigenvalue weighted by atomic mass is 10.1. The molecule has 2 atom stereocenters. The summed E-state index contributed by atoms with van der Waals surface area (Å²) in [4.78, 5) is 65.2. The molecule has 12 heteroatoms. The molecule has 5 N–H and O–H groups in total. The lowest BCUT2D eigenvalue weighted by molar-refractivity contribution is -0.136. The number of carbonyl (C=O) groups excluding carboxylic acids is 5. The number of fused-ring (bicyclic) bond motifs is 1. The van der Waals surface area contributed by atoms with Crippen LogP contribution in [0.25, 0.3) is 0 Å². The maximum Gasteiger partial charge on any atom is 0.255 e. The first kappa shape index (κ1) is 30.9. The molecule has 2 aromatic carbocycles. The third kappa shape index (κ3) is 9.52. The van der Waals surface area contributed by atoms with Crippen LogP contribution in [0.2, 0.25) is 0 Å². The molecule has 5 amide bonds. The molecule has 2 aromatic rings. The number of nitrogens with zero attached hydrogens (tertiary/aromatic N) is 1. The minimum Gasteiger partial charge on any atom is -0.497 e. The number of benzene rings is 2. The second-order valence-electron chi connectivity index (χ2n) is 9.71. The van der Waals surface area contributed by atoms with E-state index in [9.17, 15) is 24.0 Å². The highest BCUT2D eigenvalue weighted by Gasteiger charge is 2.30. The van der Waals surface area contributed by atoms with Gasteiger partial charge in [0.15, 0.2) is 0 Å². The summed E-state index contributed by atoms with van der Waals surface area (Å²) in [6.07, 6.45) is 0.722. The quantitative estimate of drug-likeness (QED) is 0.321. The number of ether oxygens (including phenoxy) is 2. The second-order valence-corrected chi connectivity index (χ2v) is 9.71. The first-order valence-electron chi connectivity index (χ1n) is 13.4. The van der Waals surface area contributed by atoms with Crippen LogP contribution in [0.1, 0.15) is 41.6 Å². The third-order valence-corrected chi connectivity index (χ3v) is 6.59. The molecule has 0 spiro atoms. The highest BCUT2D eigenvalue weighted by atomic mass is 16.5. The van der Waals surface area contributed by atoms with Crippen LogP contribution in [-0.2, 0) is 25.6 Å². The number of amides is 5. The van der Waals surface area contributed by atoms with Crippen molar-refractivity contribution in [1.29, 1.82) is 0 Å². The Labute approximate surface area is 238 Å². The summed E-state index contributed by atoms with van der Waals surface area (Å²) < 4.78 is 11.0. The zero-order valence-electron chi connectivity index (χ0n) is 23.3. The van der Waals surface area contributed by atoms with Gasteiger partial charge >= 0.3 is 0 Å². The van der Waals surface area contributed by atoms with E-state index in [1.165, 1.54) is 4.90 Å². The molecule has 0 unspecified atom stereocenters. The summed E-state index contributed by atoms with van der Waals surface area (Å²) in [7, 11) is 3.13. The van der Waals surface area contributed by atoms with Crippen molar-refractivity contribution in [2.45, 2.75) is 44.2 Å². The number of methoxy groups -OCH3 is 1. The van der Waals surface area contributed by atoms with Crippen LogP contribution in [0.5, 0.6) is 11.5 Å². The van der Waals surface area contributed by atoms with Crippen LogP contribution in [0, 0.1) is 0 Å². The van der Waals surface area contributed by atoms with E-state index < -0.39 is 48.0 Å². The maximum atomic E-state index is 13.2. The normalized spacial score (nSPS) is 18.2. The van der Waals surface area contributed by atoms with Gasteiger partial charge in [-0.25, -0.2) is 0 Å². The number of primary amides is 1. The number of nitrogens with one attached hydrogen (secondary N) is 3. The largest absolute Gasteiger partial charge is 0.497 e. The van der Waals surface area contributed by atoms with Crippen LogP contribution in [0.15, 0.2) is 48.5 Å². The molecule has 12 nitrogen and oxygen atoms in total. The van der Waals surface area contributed by atoms with Crippen molar-refractivity contribution in [3.63, 3.8) is 0 Å². The fourth-order valence-electron chi connectivity index (χ4n) is 4.33. The monoisotopic (exact) mass is 567 g/mol. The SMILES string of the molecule is COc1cccc(CCCNC(=O)[C@@H]2CC(=O)N[C@@H](CCC(N)=O)C(=O)N(C)CCOc3ccccc3C(=O)N2)c1. The van der Waals surface area contributed by atoms with E-state index >= 15 is 0 Å². The molecule has 1 aliphatic rings. The number of likely N-dealkylation sites (N-methyl/N-ethyl adjacent to an activating group) is 1. The molecule has 1 heterocycles. The van der Waals surface area contributed by atoms with E-state index in [0.717, 1.165) is 11.3 Å². The Morgan fingerprint density at radius 2 is 1.90 bits per heavy atom. The molecular weight excluding hydrogens is 530 g/mol. The smallest absolute Gasteiger partial charge is 0.255 e. The first-order chi connectivity index (χ1) is 19.7. The lowest BCUT2D eigenvalue weighted by Gasteiger charge is -2.26. The van der Waals surface area contributed by atoms with Gasteiger partial charge in [-0.15, -0.1) is 0 Å². The summed E-state index contributed by atoms with van der Waals surface area (Å²) in [5, 5.41) is 8.03. The van der Waals surface area contributed by atoms with Gasteiger partial charge in [-0.2, -0.15) is 0 Å². The summed E-state index contributed by atoms with van der Waals surface area (Å²) in [5.74, 6) is -1.82. The first-order valence-corrected chi connectivity index (χ1v) is 13.4. The number of aryl methyl sites for hydroxylation is 1. The van der Waals surface area contributed by atoms with E-state index in [4.69, 9.17) is 15.2 Å². The number of nitrogens with two attached hydrogens (primary N) is 1. The van der Waals surface area contributed by atoms with Crippen molar-refractivity contribution in [1.82, 2.24) is 20.9 Å². The average Bonchev–Trinajstić information content (AvgIpc) is 2.96. The standard InChI is InChI=1S/C29H37N5O7/c1-34-15-16-41-24-11-4-3-10-21(24)27(37)33-23(18-26(36)32-22(29(34)39)12-13-25(30)35)28(38)31-14-6-8-19-7-5-9-20(17-19)40-2/h3-5,7,9-11,17,22-23H,6,8,12-16,18H2,1-2H3,(H2,30,35)(H,31,38)(H,32,36)(H,33,37)/t22-,23-/m0/s1. The molecule has 3 rings (SSSR count). The van der Waals surface area contributed by atoms with Crippen LogP contribution >= 0.6 is 0 Å². The van der Waals surface area contributed by atoms with Gasteiger partial charge in [0.25, 0.3) is 5.91 Å². The predicted octanol–water partition coefficient (Wildman–Crippen LogP) is 0.534. The number of hydrogen-bond acceptors (Lipinski definition) is 7. The Hall–Kier alpha value is -4.61. The molecule has 41 heavy (non-hydrogen) atoms. The third-order valence-electron chi connectivity index (χ3n) is 6.59. The topological polar surface area (TPSA) is 169 Å². The average molecular weight is 568 g/mol. The van der Waals surface area contributed by atoms with Crippen molar-refractivity contribution in [2.24, 2.45) is 5.73 Å². The Balaban J connectivity index is 1.76. The Kier molecular flexibility index (Phi) is 11.5. The molecule has 0 aliphatic carbocycles. The predicted molar refractivity (Wildman–Crippen MR) is 150 cm³/mol. The van der Waals surface area contributed by atoms with Gasteiger partial charge in [-0.3, -0.25) is 24.0 Å². The van der Waals surface area contributed by atoms with Crippen LogP contribution < -0.4 is 31.2 Å². The van der Waals surface area contributed by atoms with E-state index in [1.807, 2.05) is 24.3 Å². The molecule has 220 valence electrons. The van der Waals surface area contributed by atoms with Gasteiger partial charge in [0.2, 0.25) is 23.6 Å². The Bertz CT molecular complexity index is 1250. The highest BCUT2D eigenvalue weighted by molar-refractivity contribution is 6.01. The van der Waals surface area contributed by atoms with Crippen molar-refractivity contribution in [3.8, 4) is 11.5 Å². The summed E-state index contributed by atoms with van der Waals surface area (Å²) >= 11 is 0. The minimum absolute atomic E-state index is 0.0125. The number of carbonyl (C=O) groups is 5. The molecule has 0 saturated heterocycles. The zero-order valence-corrected chi connectivity index (χ0v) is 23.3. The summed E-state index contributed by atoms with van der Waals surface area (Å²) in [5.41, 5.74) is 6.49. The fraction of sp³-hybridized carbons (Fsp3) is 0.414. The van der Waals surface area contributed by atoms with Gasteiger partial charge in [0.05, 0.1) is 25.6 Å². The van der Waals surface area contributed by atoms with E-state index in [1.54, 1.807) is 38.4 Å². The molecular formula is C29H37N5O7. The van der Waals surface area contributed by atoms with Crippen molar-refractivity contribution in [2.75, 3.05) is 33.9 Å². The summed E-state index contributed by atoms with van der Waals surface area (Å²) in [6.45, 7) is 0.535. The van der Waals surface area contributed by atoms with E-state index in [-0.39, 0.29) is 37.3 Å². The highest BCUT2D eigenvalue weighted by Crippen LogP contribution is 2.19. The molecule has 0 saturated carbocycles. The molecule has 1 aliphatic heterocycles. The van der Waals surface area contributed by atoms with Gasteiger partial charge in [0.1, 0.15) is 30.2 Å². The van der Waals surface area contributed by atoms with Crippen LogP contribution in [0.4, 0.5) is 0 Å². The van der Waals surface area contributed by atoms with Crippen LogP contribution in [-0.4, -0.2) is 80.4 Å². The maximum absolute atomic E-state index is 13.2. The van der Waals surface area contributed by atoms with Gasteiger partial charge < -0.3 is 36.1 Å². The zero-order chi connectivity index (χ0) is 29.8. The lowest BCUT2D eigenvalue weighted by Crippen LogP contribution is -2.53. The molecule has 0 radical (unpaired) electrons. The minimum atomic E-state index is -1.24. The second kappa shape index (κ2) is 15.2. The van der Waals surface area contributed by atoms with Gasteiger partial charge in [-0.1, -0.05) is 24.3 Å². The summed E-state index contributed by atoms with van der Waals surface area (Å²) in [6, 6.07) is 11.8. The van der Waals surface area contributed by atoms with Crippen molar-refractivity contribution < 1.29 is 33.4 Å². The van der Waals surface area contributed by atoms with Gasteiger partial charge in [-0.05, 0) is 49.1 Å². The van der Waals surface area contributed by atoms with Crippen molar-refractivity contribution >= 4 is 29.5 Å². The van der Waals surface area contributed by atoms with E-state index in [2.05, 4.69) is 16.0 Å². The number of rotatable bonds is 9. The van der Waals surface area contributed by atoms with E-state index in [0.29, 0.717) is 19.4 Å². The van der Waals surface area contributed by atoms with Crippen molar-refractivity contribution in [3.05, 3.63) is 59.7 Å². The number of para-hydroxylation sites is 1. The Morgan fingerprint density at radius 1 is 1.12 bits per heavy atom. The Morgan fingerprint density at radius 3 is 2.66 bits per heavy atom.